The van der Waals surface area contributed by atoms with E-state index in [2.05, 4.69) is 37.0 Å². The molecule has 2 aliphatic carbocycles. The minimum absolute atomic E-state index is 0.00398. The molecular formula is C24H33NO2. The Morgan fingerprint density at radius 2 is 2.11 bits per heavy atom. The van der Waals surface area contributed by atoms with E-state index in [0.717, 1.165) is 18.3 Å². The SMILES string of the molecule is CC1CCC(=O)OCC1CCC1CCCC2(C)C(c3cccnc3)=CCC12. The van der Waals surface area contributed by atoms with Crippen LogP contribution in [0.1, 0.15) is 70.8 Å². The van der Waals surface area contributed by atoms with Crippen molar-refractivity contribution >= 4 is 11.5 Å². The lowest BCUT2D eigenvalue weighted by atomic mass is 9.60. The number of rotatable bonds is 4. The van der Waals surface area contributed by atoms with Crippen molar-refractivity contribution < 1.29 is 9.53 Å². The Kier molecular flexibility index (Phi) is 5.39. The van der Waals surface area contributed by atoms with Gasteiger partial charge in [0.2, 0.25) is 0 Å². The molecule has 1 aromatic heterocycles. The summed E-state index contributed by atoms with van der Waals surface area (Å²) in [6, 6.07) is 4.28. The first-order valence-electron chi connectivity index (χ1n) is 10.8. The fourth-order valence-electron chi connectivity index (χ4n) is 6.03. The number of hydrogen-bond donors (Lipinski definition) is 0. The van der Waals surface area contributed by atoms with Gasteiger partial charge in [-0.1, -0.05) is 38.8 Å². The third kappa shape index (κ3) is 3.70. The number of hydrogen-bond acceptors (Lipinski definition) is 3. The number of cyclic esters (lactones) is 1. The van der Waals surface area contributed by atoms with Gasteiger partial charge in [0.05, 0.1) is 6.61 Å². The lowest BCUT2D eigenvalue weighted by Crippen LogP contribution is -2.35. The Morgan fingerprint density at radius 1 is 1.26 bits per heavy atom. The molecule has 0 radical (unpaired) electrons. The van der Waals surface area contributed by atoms with E-state index in [1.165, 1.54) is 49.7 Å². The van der Waals surface area contributed by atoms with Gasteiger partial charge >= 0.3 is 5.97 Å². The second-order valence-corrected chi connectivity index (χ2v) is 9.31. The number of ether oxygens (including phenoxy) is 1. The molecule has 2 fully saturated rings. The van der Waals surface area contributed by atoms with Crippen molar-refractivity contribution in [1.29, 1.82) is 0 Å². The molecule has 2 heterocycles. The first kappa shape index (κ1) is 18.7. The standard InChI is InChI=1S/C24H33NO2/c1-17-7-12-23(26)27-16-20(17)9-8-18-5-3-13-24(2)21(18)10-11-22(24)19-6-4-14-25-15-19/h4,6,11,14-15,17-18,20-21H,3,5,7-10,12-13,16H2,1-2H3. The summed E-state index contributed by atoms with van der Waals surface area (Å²) in [7, 11) is 0. The summed E-state index contributed by atoms with van der Waals surface area (Å²) in [4.78, 5) is 16.0. The Labute approximate surface area is 163 Å². The van der Waals surface area contributed by atoms with Crippen LogP contribution in [0.15, 0.2) is 30.6 Å². The van der Waals surface area contributed by atoms with Crippen LogP contribution in [0.3, 0.4) is 0 Å². The number of fused-ring (bicyclic) bond motifs is 1. The molecule has 1 aromatic rings. The van der Waals surface area contributed by atoms with Gasteiger partial charge in [-0.15, -0.1) is 0 Å². The van der Waals surface area contributed by atoms with Crippen molar-refractivity contribution in [1.82, 2.24) is 4.98 Å². The lowest BCUT2D eigenvalue weighted by molar-refractivity contribution is -0.143. The van der Waals surface area contributed by atoms with Crippen molar-refractivity contribution in [3.8, 4) is 0 Å². The molecule has 1 saturated carbocycles. The van der Waals surface area contributed by atoms with E-state index in [-0.39, 0.29) is 5.97 Å². The van der Waals surface area contributed by atoms with Gasteiger partial charge in [-0.3, -0.25) is 9.78 Å². The van der Waals surface area contributed by atoms with Gasteiger partial charge < -0.3 is 4.74 Å². The average Bonchev–Trinajstić information content (AvgIpc) is 2.95. The predicted octanol–water partition coefficient (Wildman–Crippen LogP) is 5.66. The van der Waals surface area contributed by atoms with E-state index in [1.54, 1.807) is 0 Å². The monoisotopic (exact) mass is 367 g/mol. The molecule has 1 saturated heterocycles. The Bertz CT molecular complexity index is 698. The Morgan fingerprint density at radius 3 is 2.93 bits per heavy atom. The van der Waals surface area contributed by atoms with Crippen molar-refractivity contribution in [3.05, 3.63) is 36.2 Å². The molecular weight excluding hydrogens is 334 g/mol. The highest BCUT2D eigenvalue weighted by Gasteiger charge is 2.47. The highest BCUT2D eigenvalue weighted by atomic mass is 16.5. The first-order chi connectivity index (χ1) is 13.1. The van der Waals surface area contributed by atoms with E-state index in [4.69, 9.17) is 4.74 Å². The minimum Gasteiger partial charge on any atom is -0.465 e. The maximum Gasteiger partial charge on any atom is 0.305 e. The molecule has 0 bridgehead atoms. The number of carbonyl (C=O) groups excluding carboxylic acids is 1. The summed E-state index contributed by atoms with van der Waals surface area (Å²) >= 11 is 0. The third-order valence-corrected chi connectivity index (χ3v) is 7.80. The van der Waals surface area contributed by atoms with Crippen molar-refractivity contribution in [2.45, 2.75) is 65.2 Å². The number of nitrogens with zero attached hydrogens (tertiary/aromatic N) is 1. The van der Waals surface area contributed by atoms with E-state index in [9.17, 15) is 4.79 Å². The molecule has 0 N–H and O–H groups in total. The van der Waals surface area contributed by atoms with Crippen LogP contribution in [0, 0.1) is 29.1 Å². The molecule has 3 aliphatic rings. The number of aromatic nitrogens is 1. The van der Waals surface area contributed by atoms with Crippen LogP contribution in [0.25, 0.3) is 5.57 Å². The number of pyridine rings is 1. The molecule has 1 aliphatic heterocycles. The highest BCUT2D eigenvalue weighted by molar-refractivity contribution is 5.72. The predicted molar refractivity (Wildman–Crippen MR) is 108 cm³/mol. The molecule has 4 rings (SSSR count). The van der Waals surface area contributed by atoms with Crippen molar-refractivity contribution in [2.75, 3.05) is 6.61 Å². The molecule has 3 heteroatoms. The molecule has 0 spiro atoms. The van der Waals surface area contributed by atoms with Gasteiger partial charge in [0.25, 0.3) is 0 Å². The number of carbonyl (C=O) groups is 1. The molecule has 0 amide bonds. The van der Waals surface area contributed by atoms with Crippen molar-refractivity contribution in [2.24, 2.45) is 29.1 Å². The van der Waals surface area contributed by atoms with Crippen LogP contribution in [-0.2, 0) is 9.53 Å². The highest BCUT2D eigenvalue weighted by Crippen LogP contribution is 2.58. The van der Waals surface area contributed by atoms with E-state index in [0.29, 0.717) is 30.3 Å². The molecule has 5 unspecified atom stereocenters. The summed E-state index contributed by atoms with van der Waals surface area (Å²) in [6.45, 7) is 5.43. The average molecular weight is 368 g/mol. The van der Waals surface area contributed by atoms with Gasteiger partial charge in [-0.05, 0) is 78.4 Å². The maximum absolute atomic E-state index is 11.6. The smallest absolute Gasteiger partial charge is 0.305 e. The van der Waals surface area contributed by atoms with Gasteiger partial charge in [0.15, 0.2) is 0 Å². The molecule has 5 atom stereocenters. The van der Waals surface area contributed by atoms with Gasteiger partial charge in [0.1, 0.15) is 0 Å². The second kappa shape index (κ2) is 7.77. The summed E-state index contributed by atoms with van der Waals surface area (Å²) in [5, 5.41) is 0. The number of esters is 1. The second-order valence-electron chi connectivity index (χ2n) is 9.31. The Balaban J connectivity index is 1.43. The van der Waals surface area contributed by atoms with Gasteiger partial charge in [-0.25, -0.2) is 0 Å². The fourth-order valence-corrected chi connectivity index (χ4v) is 6.03. The Hall–Kier alpha value is -1.64. The largest absolute Gasteiger partial charge is 0.465 e. The quantitative estimate of drug-likeness (QED) is 0.645. The van der Waals surface area contributed by atoms with Gasteiger partial charge in [0, 0.05) is 18.8 Å². The summed E-state index contributed by atoms with van der Waals surface area (Å²) in [5.74, 6) is 2.68. The summed E-state index contributed by atoms with van der Waals surface area (Å²) in [5.41, 5.74) is 3.14. The molecule has 0 aromatic carbocycles. The van der Waals surface area contributed by atoms with E-state index >= 15 is 0 Å². The summed E-state index contributed by atoms with van der Waals surface area (Å²) < 4.78 is 5.45. The minimum atomic E-state index is -0.00398. The van der Waals surface area contributed by atoms with Crippen LogP contribution in [0.4, 0.5) is 0 Å². The van der Waals surface area contributed by atoms with Crippen molar-refractivity contribution in [3.63, 3.8) is 0 Å². The van der Waals surface area contributed by atoms with Crippen LogP contribution in [0.5, 0.6) is 0 Å². The van der Waals surface area contributed by atoms with E-state index < -0.39 is 0 Å². The normalized spacial score (nSPS) is 36.5. The van der Waals surface area contributed by atoms with Crippen LogP contribution >= 0.6 is 0 Å². The topological polar surface area (TPSA) is 39.2 Å². The number of allylic oxidation sites excluding steroid dienone is 2. The zero-order valence-electron chi connectivity index (χ0n) is 16.8. The summed E-state index contributed by atoms with van der Waals surface area (Å²) in [6.07, 6.45) is 15.6. The zero-order valence-corrected chi connectivity index (χ0v) is 16.8. The third-order valence-electron chi connectivity index (χ3n) is 7.80. The lowest BCUT2D eigenvalue weighted by Gasteiger charge is -2.44. The maximum atomic E-state index is 11.6. The van der Waals surface area contributed by atoms with E-state index in [1.807, 2.05) is 12.4 Å². The molecule has 3 nitrogen and oxygen atoms in total. The molecule has 27 heavy (non-hydrogen) atoms. The fraction of sp³-hybridized carbons (Fsp3) is 0.667. The zero-order chi connectivity index (χ0) is 18.9. The molecule has 146 valence electrons. The van der Waals surface area contributed by atoms with Gasteiger partial charge in [-0.2, -0.15) is 0 Å². The first-order valence-corrected chi connectivity index (χ1v) is 10.8. The van der Waals surface area contributed by atoms with Crippen LogP contribution in [0.2, 0.25) is 0 Å². The van der Waals surface area contributed by atoms with Crippen LogP contribution in [-0.4, -0.2) is 17.6 Å². The van der Waals surface area contributed by atoms with Crippen LogP contribution < -0.4 is 0 Å².